The lowest BCUT2D eigenvalue weighted by Gasteiger charge is -2.18. The molecule has 0 spiro atoms. The van der Waals surface area contributed by atoms with Gasteiger partial charge in [0.05, 0.1) is 6.33 Å². The molecule has 72 valence electrons. The average molecular weight is 183 g/mol. The Balaban J connectivity index is 2.43. The molecule has 1 amide bonds. The van der Waals surface area contributed by atoms with Gasteiger partial charge >= 0.3 is 6.09 Å². The van der Waals surface area contributed by atoms with E-state index in [-0.39, 0.29) is 0 Å². The molecule has 0 fully saturated rings. The first kappa shape index (κ1) is 9.57. The van der Waals surface area contributed by atoms with Crippen LogP contribution < -0.4 is 5.32 Å². The second-order valence-corrected chi connectivity index (χ2v) is 3.58. The smallest absolute Gasteiger partial charge is 0.413 e. The lowest BCUT2D eigenvalue weighted by atomic mass is 10.2. The van der Waals surface area contributed by atoms with Gasteiger partial charge in [-0.25, -0.2) is 9.78 Å². The third-order valence-electron chi connectivity index (χ3n) is 1.13. The van der Waals surface area contributed by atoms with E-state index in [2.05, 4.69) is 15.3 Å². The summed E-state index contributed by atoms with van der Waals surface area (Å²) in [6.45, 7) is 5.41. The number of ether oxygens (including phenoxy) is 1. The minimum Gasteiger partial charge on any atom is -0.444 e. The molecule has 0 saturated heterocycles. The first-order chi connectivity index (χ1) is 5.97. The van der Waals surface area contributed by atoms with Gasteiger partial charge in [-0.3, -0.25) is 5.32 Å². The van der Waals surface area contributed by atoms with E-state index in [4.69, 9.17) is 4.74 Å². The third kappa shape index (κ3) is 3.59. The maximum Gasteiger partial charge on any atom is 0.413 e. The van der Waals surface area contributed by atoms with E-state index < -0.39 is 11.7 Å². The summed E-state index contributed by atoms with van der Waals surface area (Å²) in [7, 11) is 0. The maximum absolute atomic E-state index is 11.1. The van der Waals surface area contributed by atoms with Crippen LogP contribution in [0.2, 0.25) is 0 Å². The molecule has 1 rings (SSSR count). The van der Waals surface area contributed by atoms with Gasteiger partial charge in [0, 0.05) is 6.20 Å². The van der Waals surface area contributed by atoms with Crippen molar-refractivity contribution in [3.8, 4) is 0 Å². The highest BCUT2D eigenvalue weighted by Gasteiger charge is 2.16. The SMILES string of the molecule is CC(C)(C)OC(=O)Nc1c[nH]cn1. The number of carbonyl (C=O) groups is 1. The van der Waals surface area contributed by atoms with Gasteiger partial charge in [-0.05, 0) is 20.8 Å². The van der Waals surface area contributed by atoms with Crippen molar-refractivity contribution in [2.45, 2.75) is 26.4 Å². The number of H-pyrrole nitrogens is 1. The van der Waals surface area contributed by atoms with E-state index in [0.29, 0.717) is 5.82 Å². The lowest BCUT2D eigenvalue weighted by molar-refractivity contribution is 0.0635. The summed E-state index contributed by atoms with van der Waals surface area (Å²) in [5, 5.41) is 2.47. The highest BCUT2D eigenvalue weighted by atomic mass is 16.6. The first-order valence-electron chi connectivity index (χ1n) is 3.96. The van der Waals surface area contributed by atoms with Crippen LogP contribution in [0.25, 0.3) is 0 Å². The van der Waals surface area contributed by atoms with Crippen molar-refractivity contribution in [3.05, 3.63) is 12.5 Å². The molecule has 0 radical (unpaired) electrons. The zero-order valence-corrected chi connectivity index (χ0v) is 7.92. The van der Waals surface area contributed by atoms with Gasteiger partial charge < -0.3 is 9.72 Å². The fourth-order valence-electron chi connectivity index (χ4n) is 0.737. The summed E-state index contributed by atoms with van der Waals surface area (Å²) in [5.41, 5.74) is -0.486. The van der Waals surface area contributed by atoms with Crippen LogP contribution in [0.15, 0.2) is 12.5 Å². The number of hydrogen-bond donors (Lipinski definition) is 2. The molecule has 1 heterocycles. The van der Waals surface area contributed by atoms with Crippen LogP contribution in [-0.4, -0.2) is 21.7 Å². The van der Waals surface area contributed by atoms with Crippen molar-refractivity contribution in [2.75, 3.05) is 5.32 Å². The van der Waals surface area contributed by atoms with Crippen LogP contribution >= 0.6 is 0 Å². The molecular formula is C8H13N3O2. The largest absolute Gasteiger partial charge is 0.444 e. The normalized spacial score (nSPS) is 11.0. The molecule has 0 aliphatic carbocycles. The summed E-state index contributed by atoms with van der Waals surface area (Å²) in [6, 6.07) is 0. The second kappa shape index (κ2) is 3.47. The summed E-state index contributed by atoms with van der Waals surface area (Å²) in [5.74, 6) is 0.453. The Kier molecular flexibility index (Phi) is 2.55. The molecule has 2 N–H and O–H groups in total. The Hall–Kier alpha value is -1.52. The fourth-order valence-corrected chi connectivity index (χ4v) is 0.737. The topological polar surface area (TPSA) is 67.0 Å². The van der Waals surface area contributed by atoms with E-state index in [1.54, 1.807) is 27.0 Å². The van der Waals surface area contributed by atoms with Gasteiger partial charge in [0.2, 0.25) is 0 Å². The molecule has 0 unspecified atom stereocenters. The van der Waals surface area contributed by atoms with E-state index in [9.17, 15) is 4.79 Å². The Bertz CT molecular complexity index is 274. The number of hydrogen-bond acceptors (Lipinski definition) is 3. The second-order valence-electron chi connectivity index (χ2n) is 3.58. The number of nitrogens with one attached hydrogen (secondary N) is 2. The Morgan fingerprint density at radius 1 is 1.62 bits per heavy atom. The average Bonchev–Trinajstić information content (AvgIpc) is 2.34. The number of carbonyl (C=O) groups excluding carboxylic acids is 1. The van der Waals surface area contributed by atoms with Crippen LogP contribution in [0.5, 0.6) is 0 Å². The summed E-state index contributed by atoms with van der Waals surface area (Å²) in [4.78, 5) is 17.7. The molecule has 1 aromatic rings. The van der Waals surface area contributed by atoms with Crippen molar-refractivity contribution in [1.29, 1.82) is 0 Å². The minimum atomic E-state index is -0.500. The Morgan fingerprint density at radius 3 is 2.77 bits per heavy atom. The number of rotatable bonds is 1. The van der Waals surface area contributed by atoms with Gasteiger partial charge in [0.1, 0.15) is 5.60 Å². The van der Waals surface area contributed by atoms with E-state index in [1.165, 1.54) is 6.33 Å². The molecular weight excluding hydrogens is 170 g/mol. The van der Waals surface area contributed by atoms with Gasteiger partial charge in [-0.15, -0.1) is 0 Å². The number of aromatic nitrogens is 2. The molecule has 0 aliphatic rings. The van der Waals surface area contributed by atoms with Gasteiger partial charge in [-0.1, -0.05) is 0 Å². The van der Waals surface area contributed by atoms with E-state index in [0.717, 1.165) is 0 Å². The molecule has 0 bridgehead atoms. The standard InChI is InChI=1S/C8H13N3O2/c1-8(2,3)13-7(12)11-6-4-9-5-10-6/h4-5H,1-3H3,(H,9,10)(H,11,12). The highest BCUT2D eigenvalue weighted by molar-refractivity contribution is 5.83. The van der Waals surface area contributed by atoms with Crippen molar-refractivity contribution < 1.29 is 9.53 Å². The van der Waals surface area contributed by atoms with Crippen molar-refractivity contribution in [2.24, 2.45) is 0 Å². The number of amides is 1. The van der Waals surface area contributed by atoms with Gasteiger partial charge in [0.25, 0.3) is 0 Å². The number of imidazole rings is 1. The zero-order chi connectivity index (χ0) is 9.90. The van der Waals surface area contributed by atoms with Crippen molar-refractivity contribution in [3.63, 3.8) is 0 Å². The van der Waals surface area contributed by atoms with Crippen LogP contribution in [0, 0.1) is 0 Å². The van der Waals surface area contributed by atoms with Gasteiger partial charge in [-0.2, -0.15) is 0 Å². The molecule has 13 heavy (non-hydrogen) atoms. The number of aromatic amines is 1. The van der Waals surface area contributed by atoms with Gasteiger partial charge in [0.15, 0.2) is 5.82 Å². The Labute approximate surface area is 76.5 Å². The fraction of sp³-hybridized carbons (Fsp3) is 0.500. The van der Waals surface area contributed by atoms with Crippen LogP contribution in [0.3, 0.4) is 0 Å². The monoisotopic (exact) mass is 183 g/mol. The molecule has 5 nitrogen and oxygen atoms in total. The number of anilines is 1. The minimum absolute atomic E-state index is 0.453. The Morgan fingerprint density at radius 2 is 2.31 bits per heavy atom. The molecule has 0 atom stereocenters. The lowest BCUT2D eigenvalue weighted by Crippen LogP contribution is -2.27. The van der Waals surface area contributed by atoms with Crippen LogP contribution in [-0.2, 0) is 4.74 Å². The van der Waals surface area contributed by atoms with E-state index >= 15 is 0 Å². The summed E-state index contributed by atoms with van der Waals surface area (Å²) >= 11 is 0. The van der Waals surface area contributed by atoms with E-state index in [1.807, 2.05) is 0 Å². The number of nitrogens with zero attached hydrogens (tertiary/aromatic N) is 1. The molecule has 5 heteroatoms. The van der Waals surface area contributed by atoms with Crippen LogP contribution in [0.4, 0.5) is 10.6 Å². The molecule has 0 aliphatic heterocycles. The molecule has 0 saturated carbocycles. The predicted molar refractivity (Wildman–Crippen MR) is 48.4 cm³/mol. The zero-order valence-electron chi connectivity index (χ0n) is 7.92. The van der Waals surface area contributed by atoms with Crippen molar-refractivity contribution >= 4 is 11.9 Å². The predicted octanol–water partition coefficient (Wildman–Crippen LogP) is 1.76. The summed E-state index contributed by atoms with van der Waals surface area (Å²) < 4.78 is 5.01. The third-order valence-corrected chi connectivity index (χ3v) is 1.13. The van der Waals surface area contributed by atoms with Crippen molar-refractivity contribution in [1.82, 2.24) is 9.97 Å². The quantitative estimate of drug-likeness (QED) is 0.697. The maximum atomic E-state index is 11.1. The van der Waals surface area contributed by atoms with Crippen LogP contribution in [0.1, 0.15) is 20.8 Å². The molecule has 1 aromatic heterocycles. The molecule has 0 aromatic carbocycles. The first-order valence-corrected chi connectivity index (χ1v) is 3.96. The summed E-state index contributed by atoms with van der Waals surface area (Å²) in [6.07, 6.45) is 2.55. The highest BCUT2D eigenvalue weighted by Crippen LogP contribution is 2.08.